The first-order valence-corrected chi connectivity index (χ1v) is 18.6. The molecular formula is C38H65NO12. The monoisotopic (exact) mass is 727 g/mol. The molecule has 0 aromatic rings. The van der Waals surface area contributed by atoms with E-state index in [-0.39, 0.29) is 37.6 Å². The summed E-state index contributed by atoms with van der Waals surface area (Å²) in [5, 5.41) is 54.7. The first kappa shape index (κ1) is 43.6. The van der Waals surface area contributed by atoms with E-state index in [1.54, 1.807) is 51.9 Å². The van der Waals surface area contributed by atoms with E-state index in [9.17, 15) is 35.1 Å². The van der Waals surface area contributed by atoms with Gasteiger partial charge in [-0.15, -0.1) is 0 Å². The molecule has 0 aromatic heterocycles. The highest BCUT2D eigenvalue weighted by atomic mass is 16.7. The predicted molar refractivity (Wildman–Crippen MR) is 189 cm³/mol. The van der Waals surface area contributed by atoms with Crippen LogP contribution in [0, 0.1) is 23.7 Å². The smallest absolute Gasteiger partial charge is 0.308 e. The molecule has 3 aliphatic rings. The van der Waals surface area contributed by atoms with Gasteiger partial charge in [-0.05, 0) is 73.0 Å². The van der Waals surface area contributed by atoms with Crippen LogP contribution in [0.3, 0.4) is 0 Å². The van der Waals surface area contributed by atoms with Gasteiger partial charge in [0.15, 0.2) is 18.4 Å². The minimum Gasteiger partial charge on any atom is -0.462 e. The molecule has 2 fully saturated rings. The standard InChI is InChI=1S/C38H65NO12/c1-11-29-22(4)16-20(2)12-13-27(41)21(3)17-26(14-15-40)34(23(5)28(42)18-30(43)49-29)51-37-33(44)32(39(9)10)35(24(6)48-37)50-31-19-38(8,46)36(45)25(7)47-31/h12-13,16,21-26,28-29,31-37,40,42,44-46H,11,14-15,17-19H2,1-10H3/b13-12+,20-16+/t21-,22+,23+,24-,25+,26+,28-,29-,31+,32+,33+,34-,35-,36-,37+,38-/m1/s1. The Kier molecular flexibility index (Phi) is 16.3. The van der Waals surface area contributed by atoms with Crippen molar-refractivity contribution < 1.29 is 58.8 Å². The lowest BCUT2D eigenvalue weighted by molar-refractivity contribution is -0.342. The zero-order valence-electron chi connectivity index (χ0n) is 32.2. The summed E-state index contributed by atoms with van der Waals surface area (Å²) in [4.78, 5) is 28.3. The Hall–Kier alpha value is -1.78. The van der Waals surface area contributed by atoms with Crippen LogP contribution in [-0.2, 0) is 33.3 Å². The molecule has 294 valence electrons. The maximum atomic E-state index is 13.3. The normalized spacial score (nSPS) is 45.6. The van der Waals surface area contributed by atoms with Crippen LogP contribution >= 0.6 is 0 Å². The van der Waals surface area contributed by atoms with Crippen molar-refractivity contribution in [2.24, 2.45) is 23.7 Å². The number of cyclic esters (lactones) is 1. The van der Waals surface area contributed by atoms with E-state index in [4.69, 9.17) is 23.7 Å². The van der Waals surface area contributed by atoms with Crippen LogP contribution in [0.25, 0.3) is 0 Å². The molecule has 0 aliphatic carbocycles. The molecule has 0 amide bonds. The topological polar surface area (TPSA) is 185 Å². The van der Waals surface area contributed by atoms with E-state index in [1.165, 1.54) is 6.92 Å². The zero-order valence-corrected chi connectivity index (χ0v) is 32.2. The molecule has 5 N–H and O–H groups in total. The number of ketones is 1. The number of aliphatic hydroxyl groups is 5. The van der Waals surface area contributed by atoms with Gasteiger partial charge < -0.3 is 54.1 Å². The summed E-state index contributed by atoms with van der Waals surface area (Å²) >= 11 is 0. The maximum Gasteiger partial charge on any atom is 0.308 e. The molecule has 0 unspecified atom stereocenters. The number of carbonyl (C=O) groups excluding carboxylic acids is 2. The summed E-state index contributed by atoms with van der Waals surface area (Å²) in [6, 6.07) is -0.679. The molecule has 0 radical (unpaired) electrons. The number of nitrogens with zero attached hydrogens (tertiary/aromatic N) is 1. The molecule has 0 saturated carbocycles. The summed E-state index contributed by atoms with van der Waals surface area (Å²) in [6.07, 6.45) is -3.02. The van der Waals surface area contributed by atoms with E-state index in [0.29, 0.717) is 12.8 Å². The average molecular weight is 728 g/mol. The molecule has 0 aromatic carbocycles. The molecule has 13 heteroatoms. The second kappa shape index (κ2) is 19.0. The molecule has 3 rings (SSSR count). The van der Waals surface area contributed by atoms with Gasteiger partial charge in [0.1, 0.15) is 24.4 Å². The van der Waals surface area contributed by atoms with Crippen molar-refractivity contribution in [2.45, 2.75) is 161 Å². The summed E-state index contributed by atoms with van der Waals surface area (Å²) in [6.45, 7) is 14.0. The van der Waals surface area contributed by atoms with Gasteiger partial charge in [-0.1, -0.05) is 45.4 Å². The molecule has 0 bridgehead atoms. The van der Waals surface area contributed by atoms with Crippen molar-refractivity contribution in [2.75, 3.05) is 20.7 Å². The summed E-state index contributed by atoms with van der Waals surface area (Å²) in [5.41, 5.74) is -0.595. The van der Waals surface area contributed by atoms with E-state index in [2.05, 4.69) is 0 Å². The molecular weight excluding hydrogens is 662 g/mol. The van der Waals surface area contributed by atoms with Crippen molar-refractivity contribution in [3.8, 4) is 0 Å². The molecule has 51 heavy (non-hydrogen) atoms. The summed E-state index contributed by atoms with van der Waals surface area (Å²) < 4.78 is 30.9. The lowest BCUT2D eigenvalue weighted by Gasteiger charge is -2.50. The third-order valence-electron chi connectivity index (χ3n) is 10.9. The van der Waals surface area contributed by atoms with Crippen molar-refractivity contribution in [3.05, 3.63) is 23.8 Å². The van der Waals surface area contributed by atoms with Gasteiger partial charge >= 0.3 is 5.97 Å². The quantitative estimate of drug-likeness (QED) is 0.230. The van der Waals surface area contributed by atoms with Crippen LogP contribution in [0.1, 0.15) is 87.5 Å². The highest BCUT2D eigenvalue weighted by Gasteiger charge is 2.51. The SMILES string of the molecule is CC[C@H]1OC(=O)C[C@@H](O)[C@H](C)[C@@H](O[C@@H]2O[C@H](C)[C@@H](O[C@H]3C[C@@](C)(O)[C@H](O)[C@H](C)O3)[C@@H](N(C)C)[C@@H]2O)[C@@H](CCO)C[C@@H](C)C(=O)/C=C/C(C)=C/[C@@H]1C. The molecule has 13 nitrogen and oxygen atoms in total. The van der Waals surface area contributed by atoms with Crippen molar-refractivity contribution in [1.29, 1.82) is 0 Å². The third kappa shape index (κ3) is 11.4. The fourth-order valence-corrected chi connectivity index (χ4v) is 7.77. The van der Waals surface area contributed by atoms with Gasteiger partial charge in [0.25, 0.3) is 0 Å². The zero-order chi connectivity index (χ0) is 38.4. The number of carbonyl (C=O) groups is 2. The fourth-order valence-electron chi connectivity index (χ4n) is 7.77. The van der Waals surface area contributed by atoms with Crippen molar-refractivity contribution >= 4 is 11.8 Å². The second-order valence-electron chi connectivity index (χ2n) is 15.6. The van der Waals surface area contributed by atoms with E-state index >= 15 is 0 Å². The number of hydrogen-bond acceptors (Lipinski definition) is 13. The first-order chi connectivity index (χ1) is 23.8. The Bertz CT molecular complexity index is 1190. The number of rotatable bonds is 8. The number of likely N-dealkylation sites (N-methyl/N-ethyl adjacent to an activating group) is 1. The van der Waals surface area contributed by atoms with Gasteiger partial charge in [-0.2, -0.15) is 0 Å². The average Bonchev–Trinajstić information content (AvgIpc) is 3.04. The van der Waals surface area contributed by atoms with Gasteiger partial charge in [-0.25, -0.2) is 0 Å². The highest BCUT2D eigenvalue weighted by Crippen LogP contribution is 2.37. The Morgan fingerprint density at radius 3 is 2.24 bits per heavy atom. The number of aliphatic hydroxyl groups excluding tert-OH is 4. The van der Waals surface area contributed by atoms with Crippen molar-refractivity contribution in [3.63, 3.8) is 0 Å². The van der Waals surface area contributed by atoms with Crippen LogP contribution < -0.4 is 0 Å². The van der Waals surface area contributed by atoms with Crippen LogP contribution in [-0.4, -0.2) is 136 Å². The van der Waals surface area contributed by atoms with E-state index < -0.39 is 96.8 Å². The molecule has 2 saturated heterocycles. The number of hydrogen-bond donors (Lipinski definition) is 5. The van der Waals surface area contributed by atoms with Crippen LogP contribution in [0.2, 0.25) is 0 Å². The summed E-state index contributed by atoms with van der Waals surface area (Å²) in [7, 11) is 3.56. The Labute approximate surface area is 303 Å². The fraction of sp³-hybridized carbons (Fsp3) is 0.842. The van der Waals surface area contributed by atoms with Crippen molar-refractivity contribution in [1.82, 2.24) is 4.90 Å². The highest BCUT2D eigenvalue weighted by molar-refractivity contribution is 5.91. The van der Waals surface area contributed by atoms with Crippen LogP contribution in [0.4, 0.5) is 0 Å². The first-order valence-electron chi connectivity index (χ1n) is 18.6. The second-order valence-corrected chi connectivity index (χ2v) is 15.6. The molecule has 3 heterocycles. The lowest BCUT2D eigenvalue weighted by atomic mass is 9.79. The Morgan fingerprint density at radius 2 is 1.65 bits per heavy atom. The Morgan fingerprint density at radius 1 is 0.980 bits per heavy atom. The predicted octanol–water partition coefficient (Wildman–Crippen LogP) is 2.49. The van der Waals surface area contributed by atoms with E-state index in [0.717, 1.165) is 5.57 Å². The lowest BCUT2D eigenvalue weighted by Crippen LogP contribution is -2.65. The molecule has 16 atom stereocenters. The number of ether oxygens (including phenoxy) is 5. The largest absolute Gasteiger partial charge is 0.462 e. The Balaban J connectivity index is 1.94. The number of esters is 1. The van der Waals surface area contributed by atoms with Crippen LogP contribution in [0.15, 0.2) is 23.8 Å². The summed E-state index contributed by atoms with van der Waals surface area (Å²) in [5.74, 6) is -2.42. The molecule has 0 spiro atoms. The van der Waals surface area contributed by atoms with E-state index in [1.807, 2.05) is 33.8 Å². The van der Waals surface area contributed by atoms with Gasteiger partial charge in [-0.3, -0.25) is 9.59 Å². The van der Waals surface area contributed by atoms with Gasteiger partial charge in [0, 0.05) is 30.8 Å². The van der Waals surface area contributed by atoms with Gasteiger partial charge in [0.05, 0.1) is 42.5 Å². The third-order valence-corrected chi connectivity index (χ3v) is 10.9. The number of allylic oxidation sites excluding steroid dienone is 3. The minimum absolute atomic E-state index is 0.000511. The maximum absolute atomic E-state index is 13.3. The van der Waals surface area contributed by atoms with Gasteiger partial charge in [0.2, 0.25) is 0 Å². The minimum atomic E-state index is -1.45. The van der Waals surface area contributed by atoms with Crippen LogP contribution in [0.5, 0.6) is 0 Å². The molecule has 3 aliphatic heterocycles.